The van der Waals surface area contributed by atoms with E-state index in [0.717, 1.165) is 31.5 Å². The van der Waals surface area contributed by atoms with Gasteiger partial charge in [-0.05, 0) is 12.8 Å². The SMILES string of the molecule is CC(C)c1nsc(NC(=O)NCC2COC3(CCCCC3)O2)n1. The van der Waals surface area contributed by atoms with Gasteiger partial charge in [0.05, 0.1) is 6.61 Å². The topological polar surface area (TPSA) is 85.4 Å². The number of amides is 2. The van der Waals surface area contributed by atoms with Crippen LogP contribution in [0.15, 0.2) is 0 Å². The summed E-state index contributed by atoms with van der Waals surface area (Å²) < 4.78 is 16.1. The molecule has 0 radical (unpaired) electrons. The Morgan fingerprint density at radius 3 is 2.87 bits per heavy atom. The van der Waals surface area contributed by atoms with Gasteiger partial charge in [0.25, 0.3) is 0 Å². The lowest BCUT2D eigenvalue weighted by Gasteiger charge is -2.31. The molecular formula is C15H24N4O3S. The van der Waals surface area contributed by atoms with Gasteiger partial charge in [-0.1, -0.05) is 20.3 Å². The van der Waals surface area contributed by atoms with Crippen molar-refractivity contribution < 1.29 is 14.3 Å². The molecule has 7 nitrogen and oxygen atoms in total. The number of ether oxygens (including phenoxy) is 2. The van der Waals surface area contributed by atoms with Crippen LogP contribution in [0.4, 0.5) is 9.93 Å². The number of carbonyl (C=O) groups excluding carboxylic acids is 1. The third-order valence-corrected chi connectivity index (χ3v) is 4.84. The third kappa shape index (κ3) is 4.19. The average molecular weight is 340 g/mol. The van der Waals surface area contributed by atoms with Crippen molar-refractivity contribution in [3.05, 3.63) is 5.82 Å². The van der Waals surface area contributed by atoms with Crippen LogP contribution >= 0.6 is 11.5 Å². The Labute approximate surface area is 140 Å². The molecule has 1 spiro atoms. The molecule has 23 heavy (non-hydrogen) atoms. The fourth-order valence-corrected chi connectivity index (χ4v) is 3.64. The van der Waals surface area contributed by atoms with Crippen LogP contribution in [-0.4, -0.2) is 40.4 Å². The third-order valence-electron chi connectivity index (χ3n) is 4.20. The van der Waals surface area contributed by atoms with Gasteiger partial charge in [-0.25, -0.2) is 9.78 Å². The first kappa shape index (κ1) is 16.6. The smallest absolute Gasteiger partial charge is 0.321 e. The summed E-state index contributed by atoms with van der Waals surface area (Å²) in [6.07, 6.45) is 5.38. The Hall–Kier alpha value is -1.25. The van der Waals surface area contributed by atoms with E-state index in [1.165, 1.54) is 18.0 Å². The van der Waals surface area contributed by atoms with Crippen molar-refractivity contribution in [2.75, 3.05) is 18.5 Å². The molecule has 128 valence electrons. The molecule has 1 aromatic heterocycles. The fraction of sp³-hybridized carbons (Fsp3) is 0.800. The molecule has 1 aromatic rings. The van der Waals surface area contributed by atoms with Gasteiger partial charge in [0.2, 0.25) is 5.13 Å². The molecule has 1 aliphatic heterocycles. The summed E-state index contributed by atoms with van der Waals surface area (Å²) in [5.74, 6) is 0.601. The number of hydrogen-bond donors (Lipinski definition) is 2. The Morgan fingerprint density at radius 1 is 1.39 bits per heavy atom. The van der Waals surface area contributed by atoms with Gasteiger partial charge in [-0.3, -0.25) is 5.32 Å². The van der Waals surface area contributed by atoms with E-state index in [1.807, 2.05) is 13.8 Å². The highest BCUT2D eigenvalue weighted by atomic mass is 32.1. The summed E-state index contributed by atoms with van der Waals surface area (Å²) in [5, 5.41) is 6.04. The number of anilines is 1. The number of nitrogens with zero attached hydrogens (tertiary/aromatic N) is 2. The van der Waals surface area contributed by atoms with E-state index in [2.05, 4.69) is 20.0 Å². The predicted molar refractivity (Wildman–Crippen MR) is 87.7 cm³/mol. The van der Waals surface area contributed by atoms with Crippen LogP contribution in [0.3, 0.4) is 0 Å². The van der Waals surface area contributed by atoms with Crippen molar-refractivity contribution in [2.24, 2.45) is 0 Å². The monoisotopic (exact) mass is 340 g/mol. The van der Waals surface area contributed by atoms with E-state index in [1.54, 1.807) is 0 Å². The molecule has 2 N–H and O–H groups in total. The average Bonchev–Trinajstić information content (AvgIpc) is 3.14. The van der Waals surface area contributed by atoms with E-state index < -0.39 is 5.79 Å². The lowest BCUT2D eigenvalue weighted by atomic mass is 9.94. The van der Waals surface area contributed by atoms with Crippen LogP contribution < -0.4 is 10.6 Å². The lowest BCUT2D eigenvalue weighted by molar-refractivity contribution is -0.186. The molecule has 8 heteroatoms. The lowest BCUT2D eigenvalue weighted by Crippen LogP contribution is -2.38. The second-order valence-corrected chi connectivity index (χ2v) is 7.22. The van der Waals surface area contributed by atoms with Gasteiger partial charge in [0.15, 0.2) is 5.79 Å². The zero-order valence-electron chi connectivity index (χ0n) is 13.6. The van der Waals surface area contributed by atoms with E-state index >= 15 is 0 Å². The van der Waals surface area contributed by atoms with Gasteiger partial charge in [-0.2, -0.15) is 4.37 Å². The summed E-state index contributed by atoms with van der Waals surface area (Å²) in [6.45, 7) is 5.01. The van der Waals surface area contributed by atoms with Crippen molar-refractivity contribution in [1.82, 2.24) is 14.7 Å². The molecule has 1 saturated heterocycles. The molecule has 2 fully saturated rings. The van der Waals surface area contributed by atoms with Crippen molar-refractivity contribution in [2.45, 2.75) is 63.8 Å². The maximum atomic E-state index is 11.9. The highest BCUT2D eigenvalue weighted by molar-refractivity contribution is 7.09. The van der Waals surface area contributed by atoms with Crippen LogP contribution in [0.5, 0.6) is 0 Å². The van der Waals surface area contributed by atoms with Gasteiger partial charge < -0.3 is 14.8 Å². The zero-order chi connectivity index (χ0) is 16.3. The fourth-order valence-electron chi connectivity index (χ4n) is 2.94. The predicted octanol–water partition coefficient (Wildman–Crippen LogP) is 2.86. The molecule has 1 unspecified atom stereocenters. The molecule has 0 bridgehead atoms. The largest absolute Gasteiger partial charge is 0.347 e. The van der Waals surface area contributed by atoms with Gasteiger partial charge >= 0.3 is 6.03 Å². The van der Waals surface area contributed by atoms with Crippen LogP contribution in [0.25, 0.3) is 0 Å². The Balaban J connectivity index is 1.42. The molecule has 2 heterocycles. The van der Waals surface area contributed by atoms with Crippen molar-refractivity contribution in [1.29, 1.82) is 0 Å². The molecule has 1 saturated carbocycles. The minimum absolute atomic E-state index is 0.0838. The number of carbonyl (C=O) groups is 1. The summed E-state index contributed by atoms with van der Waals surface area (Å²) in [7, 11) is 0. The first-order valence-corrected chi connectivity index (χ1v) is 9.04. The minimum atomic E-state index is -0.396. The maximum absolute atomic E-state index is 11.9. The van der Waals surface area contributed by atoms with Crippen LogP contribution in [-0.2, 0) is 9.47 Å². The normalized spacial score (nSPS) is 23.3. The van der Waals surface area contributed by atoms with Crippen LogP contribution in [0, 0.1) is 0 Å². The highest BCUT2D eigenvalue weighted by Crippen LogP contribution is 2.37. The highest BCUT2D eigenvalue weighted by Gasteiger charge is 2.42. The summed E-state index contributed by atoms with van der Waals surface area (Å²) >= 11 is 1.19. The van der Waals surface area contributed by atoms with E-state index in [0.29, 0.717) is 18.3 Å². The number of urea groups is 1. The number of aromatic nitrogens is 2. The second kappa shape index (κ2) is 7.11. The minimum Gasteiger partial charge on any atom is -0.347 e. The molecule has 0 aromatic carbocycles. The number of rotatable bonds is 4. The molecular weight excluding hydrogens is 316 g/mol. The van der Waals surface area contributed by atoms with Gasteiger partial charge in [-0.15, -0.1) is 0 Å². The van der Waals surface area contributed by atoms with Crippen molar-refractivity contribution >= 4 is 22.7 Å². The number of hydrogen-bond acceptors (Lipinski definition) is 6. The van der Waals surface area contributed by atoms with E-state index in [9.17, 15) is 4.79 Å². The van der Waals surface area contributed by atoms with Gasteiger partial charge in [0, 0.05) is 36.8 Å². The quantitative estimate of drug-likeness (QED) is 0.880. The van der Waals surface area contributed by atoms with Crippen molar-refractivity contribution in [3.8, 4) is 0 Å². The second-order valence-electron chi connectivity index (χ2n) is 6.47. The molecule has 2 amide bonds. The van der Waals surface area contributed by atoms with E-state index in [-0.39, 0.29) is 18.1 Å². The van der Waals surface area contributed by atoms with Crippen molar-refractivity contribution in [3.63, 3.8) is 0 Å². The maximum Gasteiger partial charge on any atom is 0.321 e. The summed E-state index contributed by atoms with van der Waals surface area (Å²) in [5.41, 5.74) is 0. The van der Waals surface area contributed by atoms with Crippen LogP contribution in [0.2, 0.25) is 0 Å². The molecule has 1 aliphatic carbocycles. The summed E-state index contributed by atoms with van der Waals surface area (Å²) in [4.78, 5) is 16.2. The summed E-state index contributed by atoms with van der Waals surface area (Å²) in [6, 6.07) is -0.287. The molecule has 2 aliphatic rings. The Morgan fingerprint density at radius 2 is 2.17 bits per heavy atom. The Bertz CT molecular complexity index is 543. The molecule has 1 atom stereocenters. The first-order chi connectivity index (χ1) is 11.1. The Kier molecular flexibility index (Phi) is 5.13. The number of nitrogens with one attached hydrogen (secondary N) is 2. The first-order valence-electron chi connectivity index (χ1n) is 8.26. The van der Waals surface area contributed by atoms with E-state index in [4.69, 9.17) is 9.47 Å². The molecule has 3 rings (SSSR count). The standard InChI is InChI=1S/C15H24N4O3S/c1-10(2)12-17-14(23-19-12)18-13(20)16-8-11-9-21-15(22-11)6-4-3-5-7-15/h10-11H,3-9H2,1-2H3,(H2,16,17,18,19,20). The van der Waals surface area contributed by atoms with Gasteiger partial charge in [0.1, 0.15) is 11.9 Å². The zero-order valence-corrected chi connectivity index (χ0v) is 14.4. The van der Waals surface area contributed by atoms with Crippen LogP contribution in [0.1, 0.15) is 57.7 Å².